The minimum atomic E-state index is -1.93. The summed E-state index contributed by atoms with van der Waals surface area (Å²) in [6.07, 6.45) is 7.20. The van der Waals surface area contributed by atoms with Crippen LogP contribution in [0, 0.1) is 48.5 Å². The molecule has 726 valence electrons. The number of benzene rings is 9. The molecule has 7 N–H and O–H groups in total. The van der Waals surface area contributed by atoms with Crippen molar-refractivity contribution in [2.24, 2.45) is 20.3 Å². The molecule has 0 spiro atoms. The van der Waals surface area contributed by atoms with Gasteiger partial charge in [-0.2, -0.15) is 29.2 Å². The number of nitrogens with one attached hydrogen (secondary N) is 7. The number of carbonyl (C=O) groups excluding carboxylic acids is 5. The van der Waals surface area contributed by atoms with Crippen molar-refractivity contribution in [3.63, 3.8) is 0 Å². The zero-order valence-corrected chi connectivity index (χ0v) is 84.6. The highest BCUT2D eigenvalue weighted by Crippen LogP contribution is 2.43. The van der Waals surface area contributed by atoms with Crippen molar-refractivity contribution in [2.75, 3.05) is 59.4 Å². The van der Waals surface area contributed by atoms with Crippen LogP contribution in [0.15, 0.2) is 209 Å². The number of rotatable bonds is 38. The number of carbonyl (C=O) groups is 5. The van der Waals surface area contributed by atoms with Gasteiger partial charge in [-0.05, 0) is 207 Å². The number of unbranched alkanes of at least 4 members (excludes halogenated alkanes) is 3. The van der Waals surface area contributed by atoms with Crippen LogP contribution in [-0.4, -0.2) is 133 Å². The van der Waals surface area contributed by atoms with Crippen LogP contribution in [-0.2, 0) is 39.9 Å². The van der Waals surface area contributed by atoms with Crippen molar-refractivity contribution in [1.82, 2.24) is 45.1 Å². The summed E-state index contributed by atoms with van der Waals surface area (Å²) in [6.45, 7) is 25.0. The molecule has 12 aromatic rings. The monoisotopic (exact) mass is 2050 g/mol. The zero-order chi connectivity index (χ0) is 99.2. The SMILES string of the molecule is CCC(Oc1ccc(C)cc1C)C(=O)Nc1cccc(C(=O)NC2=NN(c3c(Cl)cc(Cl)cc3Cl)C(=O)C2n2cccn2)c1.CCC(Oc1cccc(C)c1)C(=O)Nc1ccc(Cl)c(N=C2NN(c3c(Cl)cc(Cl)cc3Cl)C(=O)C2N=Nc2ccc(C)cc2)c1.CCCCCCC(Nc1ccc(OCCOCC)c(OS(=O)NCC(C)c2nc3c(Cl)c(C)[nH]n3n2)c1)(OC)Oc1ccc(C)cc1C. The standard InChI is InChI=1S/C34H49ClN6O6S.C33H28Cl4N6O3.C31H27Cl3N6O4/c1-8-10-11-12-17-34(43-7,46-28-15-13-23(3)20-24(28)4)38-27-14-16-29(45-19-18-44-9-2)30(21-27)47-48(42)36-22-25(5)32-37-33-31(35)26(6)39-41(33)40-32;1-4-28(46-23-7-5-6-19(3)14-23)32(44)38-22-12-13-24(35)27(17-22)39-31-29(41-40-21-10-8-18(2)9-11-21)33(45)43(42-31)30-25(36)15-20(34)16-26(30)37;1-4-24(44-25-10-9-17(2)13-18(25)3)30(42)36-21-8-5-7-19(14-21)29(41)37-28-27(39-12-6-11-35-39)31(43)40(38-28)26-22(33)15-20(32)16-23(26)34/h13-16,20-21,25,36,38-39H,8-12,17-19,22H2,1-7H3;5-17,28-29H,4H2,1-3H3,(H,38,44)(H,39,42);5-16,24,27H,4H2,1-3H3,(H,36,42)(H,37,38,41). The van der Waals surface area contributed by atoms with Crippen molar-refractivity contribution in [2.45, 2.75) is 164 Å². The van der Waals surface area contributed by atoms with E-state index in [9.17, 15) is 28.2 Å². The van der Waals surface area contributed by atoms with Gasteiger partial charge in [-0.25, -0.2) is 19.7 Å². The molecule has 3 aromatic heterocycles. The van der Waals surface area contributed by atoms with E-state index >= 15 is 0 Å². The molecule has 0 bridgehead atoms. The molecule has 7 atom stereocenters. The Labute approximate surface area is 842 Å². The zero-order valence-electron chi connectivity index (χ0n) is 77.7. The number of hydrazine groups is 1. The van der Waals surface area contributed by atoms with Gasteiger partial charge >= 0.3 is 0 Å². The maximum absolute atomic E-state index is 13.7. The average Bonchev–Trinajstić information content (AvgIpc) is 1.64. The van der Waals surface area contributed by atoms with E-state index in [1.54, 1.807) is 86.1 Å². The summed E-state index contributed by atoms with van der Waals surface area (Å²) in [7, 11) is 1.63. The summed E-state index contributed by atoms with van der Waals surface area (Å²) in [5.41, 5.74) is 13.3. The summed E-state index contributed by atoms with van der Waals surface area (Å²) in [5.74, 6) is -0.445. The Hall–Kier alpha value is -11.9. The molecule has 40 heteroatoms. The van der Waals surface area contributed by atoms with Crippen molar-refractivity contribution >= 4 is 191 Å². The summed E-state index contributed by atoms with van der Waals surface area (Å²) in [4.78, 5) is 76.1. The summed E-state index contributed by atoms with van der Waals surface area (Å²) in [5, 5.41) is 40.5. The number of hydrogen-bond donors (Lipinski definition) is 7. The maximum Gasteiger partial charge on any atom is 0.292 e. The van der Waals surface area contributed by atoms with Crippen molar-refractivity contribution < 1.29 is 60.8 Å². The maximum atomic E-state index is 13.7. The second kappa shape index (κ2) is 49.1. The van der Waals surface area contributed by atoms with Gasteiger partial charge in [0.15, 0.2) is 52.9 Å². The molecule has 31 nitrogen and oxygen atoms in total. The van der Waals surface area contributed by atoms with E-state index in [0.29, 0.717) is 101 Å². The first-order valence-electron chi connectivity index (χ1n) is 44.2. The van der Waals surface area contributed by atoms with E-state index in [4.69, 9.17) is 125 Å². The number of amides is 5. The largest absolute Gasteiger partial charge is 0.487 e. The van der Waals surface area contributed by atoms with Crippen LogP contribution in [0.3, 0.4) is 0 Å². The van der Waals surface area contributed by atoms with E-state index < -0.39 is 59.2 Å². The Balaban J connectivity index is 0.000000186. The lowest BCUT2D eigenvalue weighted by Gasteiger charge is -2.35. The topological polar surface area (TPSA) is 359 Å². The lowest BCUT2D eigenvalue weighted by Crippen LogP contribution is -2.46. The summed E-state index contributed by atoms with van der Waals surface area (Å²) >= 11 is 48.7. The first kappa shape index (κ1) is 105. The first-order chi connectivity index (χ1) is 66.1. The number of aliphatic imine (C=N–C) groups is 1. The average molecular weight is 2060 g/mol. The van der Waals surface area contributed by atoms with Crippen LogP contribution in [0.1, 0.15) is 147 Å². The van der Waals surface area contributed by atoms with Crippen LogP contribution in [0.5, 0.6) is 28.7 Å². The number of hydrogen-bond acceptors (Lipinski definition) is 21. The number of amidine groups is 2. The molecular formula is C98H104Cl8N18O13S. The molecule has 2 aliphatic rings. The molecular weight excluding hydrogens is 1950 g/mol. The third kappa shape index (κ3) is 27.6. The Morgan fingerprint density at radius 3 is 1.88 bits per heavy atom. The molecule has 5 heterocycles. The number of aromatic nitrogens is 6. The van der Waals surface area contributed by atoms with E-state index in [0.717, 1.165) is 80.5 Å². The molecule has 138 heavy (non-hydrogen) atoms. The Morgan fingerprint density at radius 2 is 1.25 bits per heavy atom. The fraction of sp³-hybridized carbons (Fsp3) is 0.306. The molecule has 5 amide bonds. The van der Waals surface area contributed by atoms with Crippen molar-refractivity contribution in [1.29, 1.82) is 0 Å². The fourth-order valence-electron chi connectivity index (χ4n) is 14.3. The van der Waals surface area contributed by atoms with E-state index in [2.05, 4.69) is 85.0 Å². The van der Waals surface area contributed by atoms with Crippen LogP contribution >= 0.6 is 92.8 Å². The van der Waals surface area contributed by atoms with Gasteiger partial charge < -0.3 is 53.9 Å². The Kier molecular flexibility index (Phi) is 37.4. The predicted molar refractivity (Wildman–Crippen MR) is 545 cm³/mol. The van der Waals surface area contributed by atoms with Gasteiger partial charge in [-0.3, -0.25) is 39.2 Å². The smallest absolute Gasteiger partial charge is 0.292 e. The number of azo groups is 1. The highest BCUT2D eigenvalue weighted by Gasteiger charge is 2.44. The summed E-state index contributed by atoms with van der Waals surface area (Å²) in [6, 6.07) is 48.3. The van der Waals surface area contributed by atoms with Gasteiger partial charge in [0.1, 0.15) is 40.3 Å². The number of anilines is 5. The molecule has 7 unspecified atom stereocenters. The van der Waals surface area contributed by atoms with Gasteiger partial charge in [0.05, 0.1) is 48.8 Å². The number of nitrogens with zero attached hydrogens (tertiary/aromatic N) is 11. The normalized spacial score (nSPS) is 15.1. The van der Waals surface area contributed by atoms with Crippen molar-refractivity contribution in [3.8, 4) is 28.7 Å². The quantitative estimate of drug-likeness (QED) is 0.0107. The van der Waals surface area contributed by atoms with Gasteiger partial charge in [0, 0.05) is 83.7 Å². The van der Waals surface area contributed by atoms with Crippen molar-refractivity contribution in [3.05, 3.63) is 279 Å². The molecule has 1 saturated heterocycles. The minimum Gasteiger partial charge on any atom is -0.487 e. The van der Waals surface area contributed by atoms with E-state index in [-0.39, 0.29) is 94.5 Å². The van der Waals surface area contributed by atoms with Crippen LogP contribution < -0.4 is 64.6 Å². The minimum absolute atomic E-state index is 0.00635. The number of H-pyrrole nitrogens is 1. The third-order valence-electron chi connectivity index (χ3n) is 21.4. The fourth-order valence-corrected chi connectivity index (χ4v) is 17.3. The predicted octanol–water partition coefficient (Wildman–Crippen LogP) is 23.2. The van der Waals surface area contributed by atoms with E-state index in [1.807, 2.05) is 143 Å². The molecule has 9 aromatic carbocycles. The molecule has 0 saturated carbocycles. The first-order valence-corrected chi connectivity index (χ1v) is 48.3. The molecule has 0 aliphatic carbocycles. The highest BCUT2D eigenvalue weighted by molar-refractivity contribution is 7.78. The summed E-state index contributed by atoms with van der Waals surface area (Å²) < 4.78 is 61.0. The molecule has 0 radical (unpaired) electrons. The lowest BCUT2D eigenvalue weighted by molar-refractivity contribution is -0.147. The number of methoxy groups -OCH3 is 1. The molecule has 2 aliphatic heterocycles. The number of hydrazone groups is 1. The highest BCUT2D eigenvalue weighted by atomic mass is 35.5. The number of aryl methyl sites for hydroxylation is 7. The lowest BCUT2D eigenvalue weighted by atomic mass is 10.1. The number of fused-ring (bicyclic) bond motifs is 1. The van der Waals surface area contributed by atoms with Gasteiger partial charge in [-0.1, -0.05) is 211 Å². The number of ether oxygens (including phenoxy) is 6. The van der Waals surface area contributed by atoms with Gasteiger partial charge in [0.25, 0.3) is 46.7 Å². The van der Waals surface area contributed by atoms with Gasteiger partial charge in [-0.15, -0.1) is 10.2 Å². The second-order valence-electron chi connectivity index (χ2n) is 32.3. The number of aromatic amines is 1. The van der Waals surface area contributed by atoms with Crippen LogP contribution in [0.2, 0.25) is 40.2 Å². The molecule has 1 fully saturated rings. The van der Waals surface area contributed by atoms with Gasteiger partial charge in [0.2, 0.25) is 6.04 Å². The molecule has 14 rings (SSSR count). The third-order valence-corrected chi connectivity index (χ3v) is 24.5. The van der Waals surface area contributed by atoms with Crippen LogP contribution in [0.25, 0.3) is 5.65 Å². The Bertz CT molecular complexity index is 6440. The Morgan fingerprint density at radius 1 is 0.616 bits per heavy atom. The van der Waals surface area contributed by atoms with E-state index in [1.165, 1.54) is 45.8 Å². The second-order valence-corrected chi connectivity index (χ2v) is 36.5. The number of halogens is 8. The van der Waals surface area contributed by atoms with Crippen LogP contribution in [0.4, 0.5) is 39.8 Å².